The molecule has 5 heteroatoms. The summed E-state index contributed by atoms with van der Waals surface area (Å²) in [6.07, 6.45) is 2.15. The van der Waals surface area contributed by atoms with Crippen molar-refractivity contribution >= 4 is 11.7 Å². The lowest BCUT2D eigenvalue weighted by Crippen LogP contribution is -2.25. The number of hydrogen-bond acceptors (Lipinski definition) is 3. The van der Waals surface area contributed by atoms with Crippen LogP contribution in [0.15, 0.2) is 27.9 Å². The number of hydrogen-bond donors (Lipinski definition) is 2. The molecule has 0 bridgehead atoms. The topological polar surface area (TPSA) is 80.6 Å². The summed E-state index contributed by atoms with van der Waals surface area (Å²) >= 11 is 0. The second-order valence-electron chi connectivity index (χ2n) is 2.58. The Morgan fingerprint density at radius 1 is 1.77 bits per heavy atom. The van der Waals surface area contributed by atoms with Gasteiger partial charge >= 0.3 is 6.03 Å². The van der Waals surface area contributed by atoms with Crippen LogP contribution >= 0.6 is 0 Å². The van der Waals surface area contributed by atoms with E-state index in [0.29, 0.717) is 6.42 Å². The number of nitrogens with one attached hydrogen (secondary N) is 1. The molecule has 0 saturated heterocycles. The molecule has 0 aliphatic heterocycles. The summed E-state index contributed by atoms with van der Waals surface area (Å²) in [5, 5.41) is 3.73. The molecule has 1 heterocycles. The standard InChI is InChI=1S/C8H11N3O2/c1-6(10-11-8(9)12)5-7-3-2-4-13-7/h2-4H,5H2,1H3,(H3,9,11,12). The SMILES string of the molecule is CC(Cc1ccco1)=NNC(N)=O. The van der Waals surface area contributed by atoms with Gasteiger partial charge in [0.25, 0.3) is 0 Å². The Hall–Kier alpha value is -1.78. The van der Waals surface area contributed by atoms with Gasteiger partial charge in [-0.1, -0.05) is 0 Å². The number of nitrogens with zero attached hydrogens (tertiary/aromatic N) is 1. The summed E-state index contributed by atoms with van der Waals surface area (Å²) in [5.41, 5.74) is 7.71. The van der Waals surface area contributed by atoms with Gasteiger partial charge in [0.05, 0.1) is 6.26 Å². The van der Waals surface area contributed by atoms with Crippen LogP contribution in [0.2, 0.25) is 0 Å². The second-order valence-corrected chi connectivity index (χ2v) is 2.58. The van der Waals surface area contributed by atoms with Gasteiger partial charge in [-0.25, -0.2) is 10.2 Å². The monoisotopic (exact) mass is 181 g/mol. The zero-order valence-corrected chi connectivity index (χ0v) is 7.28. The van der Waals surface area contributed by atoms with E-state index in [1.807, 2.05) is 6.07 Å². The zero-order chi connectivity index (χ0) is 9.68. The molecule has 0 atom stereocenters. The Labute approximate surface area is 75.6 Å². The van der Waals surface area contributed by atoms with E-state index in [9.17, 15) is 4.79 Å². The van der Waals surface area contributed by atoms with E-state index in [-0.39, 0.29) is 0 Å². The van der Waals surface area contributed by atoms with E-state index >= 15 is 0 Å². The first-order valence-electron chi connectivity index (χ1n) is 3.79. The Morgan fingerprint density at radius 3 is 3.08 bits per heavy atom. The van der Waals surface area contributed by atoms with Gasteiger partial charge in [-0.05, 0) is 19.1 Å². The van der Waals surface area contributed by atoms with Crippen molar-refractivity contribution in [1.29, 1.82) is 0 Å². The lowest BCUT2D eigenvalue weighted by Gasteiger charge is -1.97. The van der Waals surface area contributed by atoms with Crippen molar-refractivity contribution < 1.29 is 9.21 Å². The number of urea groups is 1. The lowest BCUT2D eigenvalue weighted by molar-refractivity contribution is 0.249. The fourth-order valence-corrected chi connectivity index (χ4v) is 0.855. The third-order valence-electron chi connectivity index (χ3n) is 1.37. The van der Waals surface area contributed by atoms with Gasteiger partial charge in [0.15, 0.2) is 0 Å². The highest BCUT2D eigenvalue weighted by Crippen LogP contribution is 2.01. The minimum absolute atomic E-state index is 0.563. The van der Waals surface area contributed by atoms with Gasteiger partial charge in [-0.15, -0.1) is 0 Å². The van der Waals surface area contributed by atoms with Crippen LogP contribution in [-0.4, -0.2) is 11.7 Å². The van der Waals surface area contributed by atoms with Crippen LogP contribution in [0, 0.1) is 0 Å². The zero-order valence-electron chi connectivity index (χ0n) is 7.28. The third kappa shape index (κ3) is 3.42. The van der Waals surface area contributed by atoms with Crippen LogP contribution in [0.4, 0.5) is 4.79 Å². The first-order chi connectivity index (χ1) is 6.18. The van der Waals surface area contributed by atoms with E-state index in [1.165, 1.54) is 0 Å². The van der Waals surface area contributed by atoms with Crippen molar-refractivity contribution in [3.05, 3.63) is 24.2 Å². The van der Waals surface area contributed by atoms with Crippen molar-refractivity contribution in [2.75, 3.05) is 0 Å². The molecular weight excluding hydrogens is 170 g/mol. The summed E-state index contributed by atoms with van der Waals surface area (Å²) in [6, 6.07) is 2.96. The molecule has 0 fully saturated rings. The van der Waals surface area contributed by atoms with Crippen molar-refractivity contribution in [2.24, 2.45) is 10.8 Å². The first kappa shape index (κ1) is 9.31. The molecule has 3 N–H and O–H groups in total. The van der Waals surface area contributed by atoms with Crippen molar-refractivity contribution in [3.8, 4) is 0 Å². The number of carbonyl (C=O) groups is 1. The largest absolute Gasteiger partial charge is 0.469 e. The van der Waals surface area contributed by atoms with Crippen molar-refractivity contribution in [3.63, 3.8) is 0 Å². The maximum atomic E-state index is 10.3. The molecule has 0 saturated carbocycles. The highest BCUT2D eigenvalue weighted by molar-refractivity contribution is 5.85. The Balaban J connectivity index is 2.45. The van der Waals surface area contributed by atoms with E-state index in [2.05, 4.69) is 10.5 Å². The number of rotatable bonds is 3. The molecule has 0 spiro atoms. The van der Waals surface area contributed by atoms with Gasteiger partial charge in [0.1, 0.15) is 5.76 Å². The molecular formula is C8H11N3O2. The summed E-state index contributed by atoms with van der Waals surface area (Å²) in [7, 11) is 0. The number of primary amides is 1. The smallest absolute Gasteiger partial charge is 0.332 e. The molecule has 5 nitrogen and oxygen atoms in total. The first-order valence-corrected chi connectivity index (χ1v) is 3.79. The Morgan fingerprint density at radius 2 is 2.54 bits per heavy atom. The third-order valence-corrected chi connectivity index (χ3v) is 1.37. The van der Waals surface area contributed by atoms with E-state index < -0.39 is 6.03 Å². The number of nitrogens with two attached hydrogens (primary N) is 1. The van der Waals surface area contributed by atoms with Crippen molar-refractivity contribution in [1.82, 2.24) is 5.43 Å². The van der Waals surface area contributed by atoms with Gasteiger partial charge in [-0.3, -0.25) is 0 Å². The van der Waals surface area contributed by atoms with E-state index in [0.717, 1.165) is 11.5 Å². The highest BCUT2D eigenvalue weighted by Gasteiger charge is 1.98. The Kier molecular flexibility index (Phi) is 3.08. The molecule has 0 aliphatic rings. The molecule has 13 heavy (non-hydrogen) atoms. The second kappa shape index (κ2) is 4.30. The predicted octanol–water partition coefficient (Wildman–Crippen LogP) is 0.866. The van der Waals surface area contributed by atoms with Gasteiger partial charge in [0.2, 0.25) is 0 Å². The molecule has 2 amide bonds. The summed E-state index contributed by atoms with van der Waals surface area (Å²) in [6.45, 7) is 1.78. The van der Waals surface area contributed by atoms with Gasteiger partial charge in [0, 0.05) is 12.1 Å². The van der Waals surface area contributed by atoms with Gasteiger partial charge < -0.3 is 10.2 Å². The maximum absolute atomic E-state index is 10.3. The fraction of sp³-hybridized carbons (Fsp3) is 0.250. The summed E-state index contributed by atoms with van der Waals surface area (Å²) in [4.78, 5) is 10.3. The maximum Gasteiger partial charge on any atom is 0.332 e. The normalized spacial score (nSPS) is 11.3. The minimum atomic E-state index is -0.668. The number of hydrazone groups is 1. The number of carbonyl (C=O) groups excluding carboxylic acids is 1. The lowest BCUT2D eigenvalue weighted by atomic mass is 10.2. The van der Waals surface area contributed by atoms with Crippen LogP contribution < -0.4 is 11.2 Å². The van der Waals surface area contributed by atoms with Crippen LogP contribution in [0.3, 0.4) is 0 Å². The average Bonchev–Trinajstić information content (AvgIpc) is 2.53. The van der Waals surface area contributed by atoms with Crippen molar-refractivity contribution in [2.45, 2.75) is 13.3 Å². The predicted molar refractivity (Wildman–Crippen MR) is 48.2 cm³/mol. The molecule has 1 aromatic heterocycles. The molecule has 0 unspecified atom stereocenters. The highest BCUT2D eigenvalue weighted by atomic mass is 16.3. The Bertz CT molecular complexity index is 303. The van der Waals surface area contributed by atoms with E-state index in [4.69, 9.17) is 10.2 Å². The summed E-state index contributed by atoms with van der Waals surface area (Å²) in [5.74, 6) is 0.799. The molecule has 0 aliphatic carbocycles. The van der Waals surface area contributed by atoms with Crippen LogP contribution in [0.1, 0.15) is 12.7 Å². The molecule has 0 aromatic carbocycles. The molecule has 1 rings (SSSR count). The average molecular weight is 181 g/mol. The van der Waals surface area contributed by atoms with Crippen LogP contribution in [-0.2, 0) is 6.42 Å². The van der Waals surface area contributed by atoms with Gasteiger partial charge in [-0.2, -0.15) is 5.10 Å². The molecule has 1 aromatic rings. The van der Waals surface area contributed by atoms with Crippen LogP contribution in [0.25, 0.3) is 0 Å². The number of furan rings is 1. The minimum Gasteiger partial charge on any atom is -0.469 e. The summed E-state index contributed by atoms with van der Waals surface area (Å²) < 4.78 is 5.09. The molecule has 70 valence electrons. The quantitative estimate of drug-likeness (QED) is 0.535. The number of amides is 2. The van der Waals surface area contributed by atoms with Crippen LogP contribution in [0.5, 0.6) is 0 Å². The van der Waals surface area contributed by atoms with E-state index in [1.54, 1.807) is 19.3 Å². The molecule has 0 radical (unpaired) electrons. The fourth-order valence-electron chi connectivity index (χ4n) is 0.855.